The Morgan fingerprint density at radius 3 is 3.17 bits per heavy atom. The number of H-pyrrole nitrogens is 1. The molecular weight excluding hydrogens is 230 g/mol. The van der Waals surface area contributed by atoms with Crippen LogP contribution in [-0.2, 0) is 4.79 Å². The van der Waals surface area contributed by atoms with Crippen molar-refractivity contribution in [3.63, 3.8) is 0 Å². The van der Waals surface area contributed by atoms with Crippen LogP contribution in [0.25, 0.3) is 0 Å². The molecule has 0 spiro atoms. The van der Waals surface area contributed by atoms with E-state index in [1.54, 1.807) is 13.3 Å². The van der Waals surface area contributed by atoms with E-state index in [0.717, 1.165) is 16.9 Å². The number of nitrogens with one attached hydrogen (secondary N) is 2. The maximum Gasteiger partial charge on any atom is 0.226 e. The van der Waals surface area contributed by atoms with Crippen molar-refractivity contribution in [3.8, 4) is 5.75 Å². The summed E-state index contributed by atoms with van der Waals surface area (Å²) < 4.78 is 5.22. The smallest absolute Gasteiger partial charge is 0.226 e. The maximum atomic E-state index is 11.7. The minimum absolute atomic E-state index is 0.000398. The summed E-state index contributed by atoms with van der Waals surface area (Å²) in [7, 11) is 1.63. The van der Waals surface area contributed by atoms with Gasteiger partial charge in [-0.3, -0.25) is 9.89 Å². The van der Waals surface area contributed by atoms with Crippen LogP contribution in [0.3, 0.4) is 0 Å². The third-order valence-corrected chi connectivity index (χ3v) is 3.19. The van der Waals surface area contributed by atoms with Gasteiger partial charge >= 0.3 is 0 Å². The molecule has 1 aliphatic heterocycles. The first kappa shape index (κ1) is 10.8. The van der Waals surface area contributed by atoms with Gasteiger partial charge in [0.2, 0.25) is 5.91 Å². The van der Waals surface area contributed by atoms with Gasteiger partial charge in [-0.2, -0.15) is 5.10 Å². The van der Waals surface area contributed by atoms with Crippen molar-refractivity contribution < 1.29 is 9.53 Å². The zero-order chi connectivity index (χ0) is 12.5. The summed E-state index contributed by atoms with van der Waals surface area (Å²) in [6, 6.07) is 7.78. The van der Waals surface area contributed by atoms with Crippen LogP contribution in [0.1, 0.15) is 23.5 Å². The Morgan fingerprint density at radius 2 is 2.33 bits per heavy atom. The Hall–Kier alpha value is -2.30. The zero-order valence-corrected chi connectivity index (χ0v) is 9.93. The maximum absolute atomic E-state index is 11.7. The van der Waals surface area contributed by atoms with Crippen LogP contribution in [0.5, 0.6) is 5.75 Å². The van der Waals surface area contributed by atoms with E-state index in [4.69, 9.17) is 4.74 Å². The fourth-order valence-corrected chi connectivity index (χ4v) is 2.30. The SMILES string of the molecule is COc1cccc([C@H]2CC(=O)Nc3[nH]ncc32)c1. The van der Waals surface area contributed by atoms with Gasteiger partial charge in [0.05, 0.1) is 13.3 Å². The predicted molar refractivity (Wildman–Crippen MR) is 66.7 cm³/mol. The number of aromatic amines is 1. The Labute approximate surface area is 104 Å². The number of nitrogens with zero attached hydrogens (tertiary/aromatic N) is 1. The summed E-state index contributed by atoms with van der Waals surface area (Å²) in [5, 5.41) is 9.57. The van der Waals surface area contributed by atoms with E-state index in [9.17, 15) is 4.79 Å². The summed E-state index contributed by atoms with van der Waals surface area (Å²) in [6.07, 6.45) is 2.19. The first-order valence-corrected chi connectivity index (χ1v) is 5.75. The van der Waals surface area contributed by atoms with Crippen molar-refractivity contribution in [1.29, 1.82) is 0 Å². The van der Waals surface area contributed by atoms with Gasteiger partial charge in [0.1, 0.15) is 11.6 Å². The van der Waals surface area contributed by atoms with Gasteiger partial charge in [-0.1, -0.05) is 12.1 Å². The number of methoxy groups -OCH3 is 1. The van der Waals surface area contributed by atoms with E-state index < -0.39 is 0 Å². The van der Waals surface area contributed by atoms with E-state index in [1.807, 2.05) is 24.3 Å². The van der Waals surface area contributed by atoms with Gasteiger partial charge in [-0.15, -0.1) is 0 Å². The highest BCUT2D eigenvalue weighted by Crippen LogP contribution is 2.36. The molecule has 0 saturated heterocycles. The summed E-state index contributed by atoms with van der Waals surface area (Å²) in [5.41, 5.74) is 2.08. The molecule has 5 heteroatoms. The second-order valence-electron chi connectivity index (χ2n) is 4.28. The van der Waals surface area contributed by atoms with Crippen molar-refractivity contribution >= 4 is 11.7 Å². The van der Waals surface area contributed by atoms with Gasteiger partial charge in [0.25, 0.3) is 0 Å². The van der Waals surface area contributed by atoms with Gasteiger partial charge in [0.15, 0.2) is 0 Å². The van der Waals surface area contributed by atoms with E-state index in [0.29, 0.717) is 12.2 Å². The molecule has 0 radical (unpaired) electrons. The number of fused-ring (bicyclic) bond motifs is 1. The number of hydrogen-bond donors (Lipinski definition) is 2. The third-order valence-electron chi connectivity index (χ3n) is 3.19. The van der Waals surface area contributed by atoms with Gasteiger partial charge in [-0.05, 0) is 17.7 Å². The topological polar surface area (TPSA) is 67.0 Å². The average Bonchev–Trinajstić information content (AvgIpc) is 2.85. The number of rotatable bonds is 2. The Balaban J connectivity index is 2.04. The molecule has 92 valence electrons. The molecule has 2 heterocycles. The molecule has 1 aromatic heterocycles. The number of hydrogen-bond acceptors (Lipinski definition) is 3. The molecule has 1 atom stereocenters. The lowest BCUT2D eigenvalue weighted by molar-refractivity contribution is -0.116. The molecule has 2 aromatic rings. The Bertz CT molecular complexity index is 591. The first-order chi connectivity index (χ1) is 8.78. The van der Waals surface area contributed by atoms with Crippen molar-refractivity contribution in [2.45, 2.75) is 12.3 Å². The number of carbonyl (C=O) groups excluding carboxylic acids is 1. The zero-order valence-electron chi connectivity index (χ0n) is 9.93. The van der Waals surface area contributed by atoms with E-state index in [-0.39, 0.29) is 11.8 Å². The van der Waals surface area contributed by atoms with Crippen LogP contribution < -0.4 is 10.1 Å². The highest BCUT2D eigenvalue weighted by Gasteiger charge is 2.28. The highest BCUT2D eigenvalue weighted by molar-refractivity contribution is 5.94. The molecule has 1 aliphatic rings. The van der Waals surface area contributed by atoms with E-state index in [2.05, 4.69) is 15.5 Å². The molecular formula is C13H13N3O2. The normalized spacial score (nSPS) is 18.1. The van der Waals surface area contributed by atoms with Crippen molar-refractivity contribution in [3.05, 3.63) is 41.6 Å². The van der Waals surface area contributed by atoms with Crippen LogP contribution >= 0.6 is 0 Å². The van der Waals surface area contributed by atoms with Gasteiger partial charge in [0, 0.05) is 17.9 Å². The number of ether oxygens (including phenoxy) is 1. The molecule has 3 rings (SSSR count). The number of benzene rings is 1. The highest BCUT2D eigenvalue weighted by atomic mass is 16.5. The largest absolute Gasteiger partial charge is 0.497 e. The van der Waals surface area contributed by atoms with Crippen LogP contribution in [0.15, 0.2) is 30.5 Å². The van der Waals surface area contributed by atoms with Crippen LogP contribution in [-0.4, -0.2) is 23.2 Å². The van der Waals surface area contributed by atoms with E-state index in [1.165, 1.54) is 0 Å². The average molecular weight is 243 g/mol. The first-order valence-electron chi connectivity index (χ1n) is 5.75. The molecule has 1 aromatic carbocycles. The lowest BCUT2D eigenvalue weighted by atomic mass is 9.87. The summed E-state index contributed by atoms with van der Waals surface area (Å²) in [6.45, 7) is 0. The number of carbonyl (C=O) groups is 1. The van der Waals surface area contributed by atoms with Crippen LogP contribution in [0.4, 0.5) is 5.82 Å². The summed E-state index contributed by atoms with van der Waals surface area (Å²) in [4.78, 5) is 11.7. The lowest BCUT2D eigenvalue weighted by Gasteiger charge is -2.22. The van der Waals surface area contributed by atoms with Gasteiger partial charge in [-0.25, -0.2) is 0 Å². The third kappa shape index (κ3) is 1.73. The van der Waals surface area contributed by atoms with Crippen molar-refractivity contribution in [2.24, 2.45) is 0 Å². The Morgan fingerprint density at radius 1 is 1.44 bits per heavy atom. The quantitative estimate of drug-likeness (QED) is 0.846. The van der Waals surface area contributed by atoms with Crippen LogP contribution in [0.2, 0.25) is 0 Å². The molecule has 0 saturated carbocycles. The Kier molecular flexibility index (Phi) is 2.51. The number of amides is 1. The lowest BCUT2D eigenvalue weighted by Crippen LogP contribution is -2.22. The monoisotopic (exact) mass is 243 g/mol. The molecule has 0 aliphatic carbocycles. The van der Waals surface area contributed by atoms with Crippen molar-refractivity contribution in [2.75, 3.05) is 12.4 Å². The van der Waals surface area contributed by atoms with Crippen molar-refractivity contribution in [1.82, 2.24) is 10.2 Å². The molecule has 0 bridgehead atoms. The molecule has 2 N–H and O–H groups in total. The number of aromatic nitrogens is 2. The molecule has 5 nitrogen and oxygen atoms in total. The molecule has 1 amide bonds. The molecule has 0 unspecified atom stereocenters. The summed E-state index contributed by atoms with van der Waals surface area (Å²) >= 11 is 0. The molecule has 18 heavy (non-hydrogen) atoms. The summed E-state index contributed by atoms with van der Waals surface area (Å²) in [5.74, 6) is 1.52. The minimum Gasteiger partial charge on any atom is -0.497 e. The fourth-order valence-electron chi connectivity index (χ4n) is 2.30. The molecule has 0 fully saturated rings. The standard InChI is InChI=1S/C13H13N3O2/c1-18-9-4-2-3-8(5-9)10-6-12(17)15-13-11(10)7-14-16-13/h2-5,7,10H,6H2,1H3,(H2,14,15,16,17)/t10-/m1/s1. The fraction of sp³-hybridized carbons (Fsp3) is 0.231. The predicted octanol–water partition coefficient (Wildman–Crippen LogP) is 1.89. The van der Waals surface area contributed by atoms with E-state index >= 15 is 0 Å². The van der Waals surface area contributed by atoms with Gasteiger partial charge < -0.3 is 10.1 Å². The second kappa shape index (κ2) is 4.18. The number of anilines is 1. The van der Waals surface area contributed by atoms with Crippen LogP contribution in [0, 0.1) is 0 Å². The second-order valence-corrected chi connectivity index (χ2v) is 4.28. The minimum atomic E-state index is -0.000398.